The molecule has 2 amide bonds. The van der Waals surface area contributed by atoms with Gasteiger partial charge >= 0.3 is 0 Å². The van der Waals surface area contributed by atoms with Crippen LogP contribution in [-0.2, 0) is 0 Å². The molecule has 1 aliphatic rings. The number of carbonyl (C=O) groups excluding carboxylic acids is 2. The Morgan fingerprint density at radius 1 is 1.32 bits per heavy atom. The van der Waals surface area contributed by atoms with Gasteiger partial charge in [-0.2, -0.15) is 0 Å². The summed E-state index contributed by atoms with van der Waals surface area (Å²) in [6, 6.07) is 3.46. The smallest absolute Gasteiger partial charge is 0.270 e. The van der Waals surface area contributed by atoms with E-state index >= 15 is 0 Å². The molecule has 0 aliphatic carbocycles. The van der Waals surface area contributed by atoms with E-state index in [1.165, 1.54) is 6.07 Å². The Morgan fingerprint density at radius 2 is 1.95 bits per heavy atom. The number of nitro benzene ring substituents is 1. The van der Waals surface area contributed by atoms with Crippen LogP contribution in [0.4, 0.5) is 5.69 Å². The van der Waals surface area contributed by atoms with E-state index < -0.39 is 22.8 Å². The summed E-state index contributed by atoms with van der Waals surface area (Å²) in [6.07, 6.45) is -1.02. The highest BCUT2D eigenvalue weighted by atomic mass is 16.6. The van der Waals surface area contributed by atoms with Crippen LogP contribution < -0.4 is 5.73 Å². The lowest BCUT2D eigenvalue weighted by Crippen LogP contribution is -2.39. The Hall–Kier alpha value is -2.32. The number of nitrogens with two attached hydrogens (primary N) is 1. The first-order valence-corrected chi connectivity index (χ1v) is 5.48. The van der Waals surface area contributed by atoms with Crippen LogP contribution in [0.25, 0.3) is 0 Å². The van der Waals surface area contributed by atoms with E-state index in [-0.39, 0.29) is 29.9 Å². The summed E-state index contributed by atoms with van der Waals surface area (Å²) >= 11 is 0. The molecule has 0 aromatic heterocycles. The zero-order valence-electron chi connectivity index (χ0n) is 9.78. The van der Waals surface area contributed by atoms with Gasteiger partial charge in [0.05, 0.1) is 28.7 Å². The van der Waals surface area contributed by atoms with E-state index in [9.17, 15) is 24.8 Å². The van der Waals surface area contributed by atoms with Crippen LogP contribution in [0.3, 0.4) is 0 Å². The number of aliphatic hydroxyl groups is 1. The van der Waals surface area contributed by atoms with Gasteiger partial charge in [-0.25, -0.2) is 0 Å². The van der Waals surface area contributed by atoms with E-state index in [1.54, 1.807) is 0 Å². The lowest BCUT2D eigenvalue weighted by molar-refractivity contribution is -0.384. The van der Waals surface area contributed by atoms with Gasteiger partial charge in [-0.3, -0.25) is 24.6 Å². The van der Waals surface area contributed by atoms with Crippen molar-refractivity contribution in [2.75, 3.05) is 13.1 Å². The molecular weight excluding hydrogens is 254 g/mol. The molecule has 0 radical (unpaired) electrons. The average Bonchev–Trinajstić information content (AvgIpc) is 2.63. The lowest BCUT2D eigenvalue weighted by atomic mass is 10.1. The summed E-state index contributed by atoms with van der Waals surface area (Å²) in [5, 5.41) is 20.0. The molecule has 0 fully saturated rings. The highest BCUT2D eigenvalue weighted by molar-refractivity contribution is 6.21. The zero-order valence-corrected chi connectivity index (χ0v) is 9.78. The third-order valence-electron chi connectivity index (χ3n) is 2.83. The van der Waals surface area contributed by atoms with Crippen molar-refractivity contribution in [3.63, 3.8) is 0 Å². The van der Waals surface area contributed by atoms with Crippen LogP contribution >= 0.6 is 0 Å². The topological polar surface area (TPSA) is 127 Å². The monoisotopic (exact) mass is 265 g/mol. The van der Waals surface area contributed by atoms with Crippen LogP contribution in [0.15, 0.2) is 18.2 Å². The second-order valence-electron chi connectivity index (χ2n) is 4.10. The Kier molecular flexibility index (Phi) is 3.28. The van der Waals surface area contributed by atoms with Crippen molar-refractivity contribution in [1.29, 1.82) is 0 Å². The van der Waals surface area contributed by atoms with Gasteiger partial charge in [0.1, 0.15) is 0 Å². The molecule has 8 nitrogen and oxygen atoms in total. The number of nitrogens with zero attached hydrogens (tertiary/aromatic N) is 2. The fraction of sp³-hybridized carbons (Fsp3) is 0.273. The van der Waals surface area contributed by atoms with Crippen LogP contribution in [0.5, 0.6) is 0 Å². The minimum Gasteiger partial charge on any atom is -0.390 e. The minimum absolute atomic E-state index is 0.0246. The van der Waals surface area contributed by atoms with Crippen molar-refractivity contribution >= 4 is 17.5 Å². The van der Waals surface area contributed by atoms with E-state index in [0.717, 1.165) is 17.0 Å². The number of imide groups is 1. The summed E-state index contributed by atoms with van der Waals surface area (Å²) in [6.45, 7) is -0.315. The second-order valence-corrected chi connectivity index (χ2v) is 4.10. The summed E-state index contributed by atoms with van der Waals surface area (Å²) in [7, 11) is 0. The fourth-order valence-electron chi connectivity index (χ4n) is 1.84. The largest absolute Gasteiger partial charge is 0.390 e. The van der Waals surface area contributed by atoms with Crippen molar-refractivity contribution in [2.24, 2.45) is 5.73 Å². The third kappa shape index (κ3) is 2.18. The maximum atomic E-state index is 12.0. The Labute approximate surface area is 107 Å². The first-order valence-electron chi connectivity index (χ1n) is 5.48. The number of carbonyl (C=O) groups is 2. The van der Waals surface area contributed by atoms with Crippen LogP contribution in [-0.4, -0.2) is 45.9 Å². The highest BCUT2D eigenvalue weighted by Gasteiger charge is 2.37. The summed E-state index contributed by atoms with van der Waals surface area (Å²) in [4.78, 5) is 34.7. The SMILES string of the molecule is NCC(O)CN1C(=O)c2ccc([N+](=O)[O-])cc2C1=O. The second kappa shape index (κ2) is 4.75. The van der Waals surface area contributed by atoms with Gasteiger partial charge in [0.15, 0.2) is 0 Å². The molecule has 1 heterocycles. The standard InChI is InChI=1S/C11H11N3O5/c12-4-7(15)5-13-10(16)8-2-1-6(14(18)19)3-9(8)11(13)17/h1-3,7,15H,4-5,12H2. The Bertz CT molecular complexity index is 571. The molecule has 3 N–H and O–H groups in total. The quantitative estimate of drug-likeness (QED) is 0.429. The molecule has 1 aromatic carbocycles. The average molecular weight is 265 g/mol. The number of aliphatic hydroxyl groups excluding tert-OH is 1. The number of amides is 2. The molecule has 8 heteroatoms. The van der Waals surface area contributed by atoms with Crippen LogP contribution in [0.1, 0.15) is 20.7 Å². The van der Waals surface area contributed by atoms with Crippen molar-refractivity contribution in [1.82, 2.24) is 4.90 Å². The molecule has 19 heavy (non-hydrogen) atoms. The molecule has 100 valence electrons. The molecule has 0 spiro atoms. The molecule has 0 saturated carbocycles. The number of fused-ring (bicyclic) bond motifs is 1. The fourth-order valence-corrected chi connectivity index (χ4v) is 1.84. The van der Waals surface area contributed by atoms with E-state index in [0.29, 0.717) is 0 Å². The van der Waals surface area contributed by atoms with Gasteiger partial charge in [-0.05, 0) is 6.07 Å². The molecule has 1 aliphatic heterocycles. The van der Waals surface area contributed by atoms with Gasteiger partial charge in [0, 0.05) is 18.7 Å². The number of hydrogen-bond acceptors (Lipinski definition) is 6. The van der Waals surface area contributed by atoms with Crippen molar-refractivity contribution in [3.05, 3.63) is 39.4 Å². The first-order chi connectivity index (χ1) is 8.95. The van der Waals surface area contributed by atoms with E-state index in [1.807, 2.05) is 0 Å². The molecule has 1 unspecified atom stereocenters. The predicted molar refractivity (Wildman–Crippen MR) is 63.5 cm³/mol. The van der Waals surface area contributed by atoms with Crippen molar-refractivity contribution in [3.8, 4) is 0 Å². The van der Waals surface area contributed by atoms with Gasteiger partial charge in [-0.15, -0.1) is 0 Å². The Balaban J connectivity index is 2.36. The zero-order chi connectivity index (χ0) is 14.2. The van der Waals surface area contributed by atoms with Crippen molar-refractivity contribution < 1.29 is 19.6 Å². The summed E-state index contributed by atoms with van der Waals surface area (Å²) < 4.78 is 0. The van der Waals surface area contributed by atoms with E-state index in [4.69, 9.17) is 5.73 Å². The molecule has 0 bridgehead atoms. The maximum Gasteiger partial charge on any atom is 0.270 e. The van der Waals surface area contributed by atoms with E-state index in [2.05, 4.69) is 0 Å². The summed E-state index contributed by atoms with van der Waals surface area (Å²) in [5.74, 6) is -1.24. The van der Waals surface area contributed by atoms with Crippen LogP contribution in [0.2, 0.25) is 0 Å². The molecule has 0 saturated heterocycles. The van der Waals surface area contributed by atoms with Gasteiger partial charge in [0.25, 0.3) is 17.5 Å². The summed E-state index contributed by atoms with van der Waals surface area (Å²) in [5.41, 5.74) is 5.03. The number of hydrogen-bond donors (Lipinski definition) is 2. The number of benzene rings is 1. The molecular formula is C11H11N3O5. The van der Waals surface area contributed by atoms with Gasteiger partial charge in [0.2, 0.25) is 0 Å². The lowest BCUT2D eigenvalue weighted by Gasteiger charge is -2.16. The number of rotatable bonds is 4. The number of nitro groups is 1. The minimum atomic E-state index is -1.02. The number of non-ortho nitro benzene ring substituents is 1. The molecule has 1 aromatic rings. The molecule has 2 rings (SSSR count). The first kappa shape index (κ1) is 13.1. The molecule has 1 atom stereocenters. The third-order valence-corrected chi connectivity index (χ3v) is 2.83. The van der Waals surface area contributed by atoms with Gasteiger partial charge < -0.3 is 10.8 Å². The van der Waals surface area contributed by atoms with Gasteiger partial charge in [-0.1, -0.05) is 0 Å². The maximum absolute atomic E-state index is 12.0. The normalized spacial score (nSPS) is 15.6. The Morgan fingerprint density at radius 3 is 2.53 bits per heavy atom. The van der Waals surface area contributed by atoms with Crippen LogP contribution in [0, 0.1) is 10.1 Å². The predicted octanol–water partition coefficient (Wildman–Crippen LogP) is -0.490. The van der Waals surface area contributed by atoms with Crippen molar-refractivity contribution in [2.45, 2.75) is 6.10 Å². The highest BCUT2D eigenvalue weighted by Crippen LogP contribution is 2.26. The number of β-amino-alcohol motifs (C(OH)–C–C–N with tert-alkyl or cyclic N) is 1.